The van der Waals surface area contributed by atoms with Gasteiger partial charge in [-0.3, -0.25) is 10.1 Å². The molecule has 1 heterocycles. The highest BCUT2D eigenvalue weighted by atomic mass is 16.6. The van der Waals surface area contributed by atoms with Crippen molar-refractivity contribution < 1.29 is 4.92 Å². The van der Waals surface area contributed by atoms with Gasteiger partial charge in [-0.1, -0.05) is 18.2 Å². The van der Waals surface area contributed by atoms with Gasteiger partial charge in [-0.15, -0.1) is 0 Å². The molecule has 0 fully saturated rings. The third-order valence-electron chi connectivity index (χ3n) is 2.31. The predicted octanol–water partition coefficient (Wildman–Crippen LogP) is 1.86. The van der Waals surface area contributed by atoms with Gasteiger partial charge in [-0.2, -0.15) is 0 Å². The van der Waals surface area contributed by atoms with Crippen molar-refractivity contribution in [2.75, 3.05) is 7.05 Å². The molecule has 0 spiro atoms. The minimum Gasteiger partial charge on any atom is -0.314 e. The van der Waals surface area contributed by atoms with Crippen LogP contribution in [-0.2, 0) is 6.54 Å². The molecule has 5 heteroatoms. The summed E-state index contributed by atoms with van der Waals surface area (Å²) in [5.41, 5.74) is 1.29. The summed E-state index contributed by atoms with van der Waals surface area (Å²) in [6, 6.07) is 8.67. The van der Waals surface area contributed by atoms with Gasteiger partial charge in [-0.25, -0.2) is 4.98 Å². The van der Waals surface area contributed by atoms with E-state index >= 15 is 0 Å². The molecule has 0 radical (unpaired) electrons. The first kappa shape index (κ1) is 10.5. The zero-order valence-electron chi connectivity index (χ0n) is 8.80. The highest BCUT2D eigenvalue weighted by Crippen LogP contribution is 2.23. The molecule has 1 N–H and O–H groups in total. The van der Waals surface area contributed by atoms with Gasteiger partial charge in [-0.05, 0) is 13.1 Å². The average Bonchev–Trinajstić information content (AvgIpc) is 2.28. The van der Waals surface area contributed by atoms with Crippen LogP contribution in [0.5, 0.6) is 0 Å². The number of hydrogen-bond acceptors (Lipinski definition) is 4. The number of aromatic nitrogens is 1. The summed E-state index contributed by atoms with van der Waals surface area (Å²) < 4.78 is 0. The Bertz CT molecular complexity index is 540. The van der Waals surface area contributed by atoms with Crippen LogP contribution in [0.1, 0.15) is 5.69 Å². The topological polar surface area (TPSA) is 68.1 Å². The second-order valence-corrected chi connectivity index (χ2v) is 3.44. The fraction of sp³-hybridized carbons (Fsp3) is 0.182. The summed E-state index contributed by atoms with van der Waals surface area (Å²) in [5, 5.41) is 14.6. The van der Waals surface area contributed by atoms with Crippen LogP contribution in [0, 0.1) is 10.1 Å². The molecule has 5 nitrogen and oxygen atoms in total. The molecule has 2 aromatic rings. The van der Waals surface area contributed by atoms with Crippen molar-refractivity contribution in [2.45, 2.75) is 6.54 Å². The monoisotopic (exact) mass is 217 g/mol. The van der Waals surface area contributed by atoms with Crippen LogP contribution in [0.2, 0.25) is 0 Å². The Morgan fingerprint density at radius 2 is 2.19 bits per heavy atom. The lowest BCUT2D eigenvalue weighted by Gasteiger charge is -2.02. The number of nitro benzene ring substituents is 1. The summed E-state index contributed by atoms with van der Waals surface area (Å²) in [7, 11) is 1.81. The third-order valence-corrected chi connectivity index (χ3v) is 2.31. The van der Waals surface area contributed by atoms with Crippen LogP contribution in [0.15, 0.2) is 30.3 Å². The molecule has 16 heavy (non-hydrogen) atoms. The molecule has 1 aromatic carbocycles. The number of hydrogen-bond donors (Lipinski definition) is 1. The maximum atomic E-state index is 10.8. The number of para-hydroxylation sites is 1. The van der Waals surface area contributed by atoms with Gasteiger partial charge in [0.1, 0.15) is 5.52 Å². The van der Waals surface area contributed by atoms with E-state index < -0.39 is 4.92 Å². The van der Waals surface area contributed by atoms with Crippen molar-refractivity contribution in [2.24, 2.45) is 0 Å². The summed E-state index contributed by atoms with van der Waals surface area (Å²) in [6.45, 7) is 0.599. The van der Waals surface area contributed by atoms with Gasteiger partial charge in [0.15, 0.2) is 0 Å². The lowest BCUT2D eigenvalue weighted by atomic mass is 10.2. The van der Waals surface area contributed by atoms with Crippen LogP contribution in [0.3, 0.4) is 0 Å². The van der Waals surface area contributed by atoms with E-state index in [0.29, 0.717) is 12.1 Å². The zero-order valence-corrected chi connectivity index (χ0v) is 8.80. The standard InChI is InChI=1S/C11H11N3O2/c1-12-7-9-6-5-8-3-2-4-10(14(15)16)11(8)13-9/h2-6,12H,7H2,1H3. The second kappa shape index (κ2) is 4.24. The Morgan fingerprint density at radius 3 is 2.88 bits per heavy atom. The van der Waals surface area contributed by atoms with Crippen molar-refractivity contribution in [3.63, 3.8) is 0 Å². The molecule has 0 bridgehead atoms. The normalized spacial score (nSPS) is 10.6. The Kier molecular flexibility index (Phi) is 2.78. The van der Waals surface area contributed by atoms with Crippen molar-refractivity contribution >= 4 is 16.6 Å². The van der Waals surface area contributed by atoms with Gasteiger partial charge < -0.3 is 5.32 Å². The number of fused-ring (bicyclic) bond motifs is 1. The smallest absolute Gasteiger partial charge is 0.295 e. The van der Waals surface area contributed by atoms with Gasteiger partial charge in [0.2, 0.25) is 0 Å². The number of non-ortho nitro benzene ring substituents is 1. The van der Waals surface area contributed by atoms with Crippen LogP contribution in [-0.4, -0.2) is 17.0 Å². The van der Waals surface area contributed by atoms with Gasteiger partial charge >= 0.3 is 0 Å². The first-order valence-corrected chi connectivity index (χ1v) is 4.90. The fourth-order valence-corrected chi connectivity index (χ4v) is 1.60. The van der Waals surface area contributed by atoms with Crippen molar-refractivity contribution in [3.05, 3.63) is 46.1 Å². The number of nitrogens with one attached hydrogen (secondary N) is 1. The van der Waals surface area contributed by atoms with E-state index in [1.807, 2.05) is 25.2 Å². The average molecular weight is 217 g/mol. The van der Waals surface area contributed by atoms with Crippen molar-refractivity contribution in [3.8, 4) is 0 Å². The fourth-order valence-electron chi connectivity index (χ4n) is 1.60. The van der Waals surface area contributed by atoms with Gasteiger partial charge in [0.05, 0.1) is 10.6 Å². The second-order valence-electron chi connectivity index (χ2n) is 3.44. The Hall–Kier alpha value is -2.01. The number of pyridine rings is 1. The van der Waals surface area contributed by atoms with Crippen LogP contribution < -0.4 is 5.32 Å². The van der Waals surface area contributed by atoms with Crippen LogP contribution in [0.4, 0.5) is 5.69 Å². The van der Waals surface area contributed by atoms with Gasteiger partial charge in [0.25, 0.3) is 5.69 Å². The number of nitro groups is 1. The molecule has 0 aliphatic carbocycles. The summed E-state index contributed by atoms with van der Waals surface area (Å²) >= 11 is 0. The van der Waals surface area contributed by atoms with E-state index in [0.717, 1.165) is 11.1 Å². The molecule has 1 aromatic heterocycles. The molecule has 0 aliphatic rings. The van der Waals surface area contributed by atoms with Crippen LogP contribution >= 0.6 is 0 Å². The summed E-state index contributed by atoms with van der Waals surface area (Å²) in [4.78, 5) is 14.7. The van der Waals surface area contributed by atoms with E-state index in [9.17, 15) is 10.1 Å². The number of nitrogens with zero attached hydrogens (tertiary/aromatic N) is 2. The Balaban J connectivity index is 2.63. The van der Waals surface area contributed by atoms with E-state index in [2.05, 4.69) is 10.3 Å². The molecule has 2 rings (SSSR count). The first-order valence-electron chi connectivity index (χ1n) is 4.90. The molecule has 0 saturated heterocycles. The van der Waals surface area contributed by atoms with E-state index in [4.69, 9.17) is 0 Å². The van der Waals surface area contributed by atoms with Crippen molar-refractivity contribution in [1.29, 1.82) is 0 Å². The molecule has 0 aliphatic heterocycles. The number of benzene rings is 1. The SMILES string of the molecule is CNCc1ccc2cccc([N+](=O)[O-])c2n1. The maximum absolute atomic E-state index is 10.8. The largest absolute Gasteiger partial charge is 0.314 e. The highest BCUT2D eigenvalue weighted by Gasteiger charge is 2.12. The quantitative estimate of drug-likeness (QED) is 0.629. The highest BCUT2D eigenvalue weighted by molar-refractivity contribution is 5.87. The van der Waals surface area contributed by atoms with Crippen LogP contribution in [0.25, 0.3) is 10.9 Å². The van der Waals surface area contributed by atoms with E-state index in [1.165, 1.54) is 6.07 Å². The lowest BCUT2D eigenvalue weighted by Crippen LogP contribution is -2.07. The predicted molar refractivity (Wildman–Crippen MR) is 61.2 cm³/mol. The maximum Gasteiger partial charge on any atom is 0.295 e. The lowest BCUT2D eigenvalue weighted by molar-refractivity contribution is -0.383. The molecule has 0 unspecified atom stereocenters. The summed E-state index contributed by atoms with van der Waals surface area (Å²) in [5.74, 6) is 0. The zero-order chi connectivity index (χ0) is 11.5. The minimum atomic E-state index is -0.404. The van der Waals surface area contributed by atoms with E-state index in [1.54, 1.807) is 6.07 Å². The number of rotatable bonds is 3. The first-order chi connectivity index (χ1) is 7.72. The summed E-state index contributed by atoms with van der Waals surface area (Å²) in [6.07, 6.45) is 0. The van der Waals surface area contributed by atoms with E-state index in [-0.39, 0.29) is 5.69 Å². The molecule has 0 saturated carbocycles. The molecular formula is C11H11N3O2. The Morgan fingerprint density at radius 1 is 1.38 bits per heavy atom. The Labute approximate surface area is 92.3 Å². The molecule has 0 amide bonds. The van der Waals surface area contributed by atoms with Crippen molar-refractivity contribution in [1.82, 2.24) is 10.3 Å². The van der Waals surface area contributed by atoms with Gasteiger partial charge in [0, 0.05) is 18.0 Å². The third kappa shape index (κ3) is 1.85. The molecule has 0 atom stereocenters. The molecule has 82 valence electrons. The minimum absolute atomic E-state index is 0.0513. The molecular weight excluding hydrogens is 206 g/mol.